The number of halogens is 1. The van der Waals surface area contributed by atoms with Crippen LogP contribution in [0.2, 0.25) is 5.15 Å². The third-order valence-electron chi connectivity index (χ3n) is 4.44. The topological polar surface area (TPSA) is 33.2 Å². The second-order valence-corrected chi connectivity index (χ2v) is 5.99. The summed E-state index contributed by atoms with van der Waals surface area (Å²) >= 11 is 5.88. The van der Waals surface area contributed by atoms with Crippen LogP contribution in [0.4, 0.5) is 0 Å². The van der Waals surface area contributed by atoms with E-state index in [1.54, 1.807) is 18.2 Å². The van der Waals surface area contributed by atoms with Gasteiger partial charge in [0.15, 0.2) is 0 Å². The summed E-state index contributed by atoms with van der Waals surface area (Å²) in [5.74, 6) is 0.752. The van der Waals surface area contributed by atoms with E-state index in [-0.39, 0.29) is 5.91 Å². The molecule has 1 saturated heterocycles. The number of aromatic nitrogens is 1. The molecule has 2 heterocycles. The van der Waals surface area contributed by atoms with E-state index in [1.807, 2.05) is 4.90 Å². The van der Waals surface area contributed by atoms with Crippen LogP contribution in [0.15, 0.2) is 18.2 Å². The van der Waals surface area contributed by atoms with Crippen molar-refractivity contribution in [3.05, 3.63) is 29.0 Å². The van der Waals surface area contributed by atoms with Crippen molar-refractivity contribution in [1.82, 2.24) is 9.88 Å². The highest BCUT2D eigenvalue weighted by atomic mass is 35.5. The molecule has 3 rings (SSSR count). The smallest absolute Gasteiger partial charge is 0.272 e. The quantitative estimate of drug-likeness (QED) is 0.776. The first kappa shape index (κ1) is 12.9. The van der Waals surface area contributed by atoms with Gasteiger partial charge in [0.25, 0.3) is 5.91 Å². The van der Waals surface area contributed by atoms with Crippen molar-refractivity contribution in [2.75, 3.05) is 6.54 Å². The van der Waals surface area contributed by atoms with Crippen LogP contribution in [0.3, 0.4) is 0 Å². The first-order valence-corrected chi connectivity index (χ1v) is 7.57. The maximum Gasteiger partial charge on any atom is 0.272 e. The summed E-state index contributed by atoms with van der Waals surface area (Å²) < 4.78 is 0. The minimum atomic E-state index is 0.0527. The average Bonchev–Trinajstić information content (AvgIpc) is 3.08. The molecule has 3 nitrogen and oxygen atoms in total. The van der Waals surface area contributed by atoms with Crippen LogP contribution in [-0.2, 0) is 0 Å². The molecule has 1 unspecified atom stereocenters. The zero-order valence-corrected chi connectivity index (χ0v) is 11.8. The largest absolute Gasteiger partial charge is 0.334 e. The SMILES string of the molecule is O=C(c1cccc(Cl)n1)N1CCCC1C1CCCC1. The standard InChI is InChI=1S/C15H19ClN2O/c16-14-9-3-7-12(17-14)15(19)18-10-4-8-13(18)11-5-1-2-6-11/h3,7,9,11,13H,1-2,4-6,8,10H2. The van der Waals surface area contributed by atoms with Crippen LogP contribution in [0.1, 0.15) is 49.0 Å². The lowest BCUT2D eigenvalue weighted by Crippen LogP contribution is -2.39. The lowest BCUT2D eigenvalue weighted by atomic mass is 9.96. The Bertz CT molecular complexity index is 471. The normalized spacial score (nSPS) is 24.1. The molecule has 1 aromatic heterocycles. The van der Waals surface area contributed by atoms with Gasteiger partial charge in [-0.3, -0.25) is 4.79 Å². The van der Waals surface area contributed by atoms with Gasteiger partial charge in [-0.15, -0.1) is 0 Å². The van der Waals surface area contributed by atoms with Crippen molar-refractivity contribution in [1.29, 1.82) is 0 Å². The van der Waals surface area contributed by atoms with Gasteiger partial charge in [0, 0.05) is 12.6 Å². The summed E-state index contributed by atoms with van der Waals surface area (Å²) in [7, 11) is 0. The number of carbonyl (C=O) groups is 1. The van der Waals surface area contributed by atoms with E-state index >= 15 is 0 Å². The first-order valence-electron chi connectivity index (χ1n) is 7.19. The molecule has 0 radical (unpaired) electrons. The van der Waals surface area contributed by atoms with Crippen LogP contribution in [0.5, 0.6) is 0 Å². The fourth-order valence-corrected chi connectivity index (χ4v) is 3.72. The lowest BCUT2D eigenvalue weighted by Gasteiger charge is -2.29. The average molecular weight is 279 g/mol. The number of hydrogen-bond donors (Lipinski definition) is 0. The fourth-order valence-electron chi connectivity index (χ4n) is 3.55. The van der Waals surface area contributed by atoms with E-state index in [0.29, 0.717) is 22.8 Å². The summed E-state index contributed by atoms with van der Waals surface area (Å²) in [6.45, 7) is 0.869. The molecule has 0 bridgehead atoms. The van der Waals surface area contributed by atoms with E-state index in [9.17, 15) is 4.79 Å². The first-order chi connectivity index (χ1) is 9.25. The monoisotopic (exact) mass is 278 g/mol. The predicted octanol–water partition coefficient (Wildman–Crippen LogP) is 3.53. The van der Waals surface area contributed by atoms with Crippen LogP contribution >= 0.6 is 11.6 Å². The number of hydrogen-bond acceptors (Lipinski definition) is 2. The van der Waals surface area contributed by atoms with Crippen LogP contribution in [0, 0.1) is 5.92 Å². The molecule has 0 aromatic carbocycles. The molecule has 1 aliphatic carbocycles. The van der Waals surface area contributed by atoms with Gasteiger partial charge in [-0.05, 0) is 43.7 Å². The zero-order chi connectivity index (χ0) is 13.2. The highest BCUT2D eigenvalue weighted by Gasteiger charge is 2.36. The Kier molecular flexibility index (Phi) is 3.74. The number of pyridine rings is 1. The maximum atomic E-state index is 12.6. The summed E-state index contributed by atoms with van der Waals surface area (Å²) in [6.07, 6.45) is 7.45. The summed E-state index contributed by atoms with van der Waals surface area (Å²) in [6, 6.07) is 5.69. The van der Waals surface area contributed by atoms with Crippen LogP contribution < -0.4 is 0 Å². The number of rotatable bonds is 2. The van der Waals surface area contributed by atoms with Crippen molar-refractivity contribution < 1.29 is 4.79 Å². The molecule has 2 fully saturated rings. The lowest BCUT2D eigenvalue weighted by molar-refractivity contribution is 0.0683. The minimum Gasteiger partial charge on any atom is -0.334 e. The van der Waals surface area contributed by atoms with Crippen molar-refractivity contribution in [2.45, 2.75) is 44.6 Å². The molecule has 102 valence electrons. The summed E-state index contributed by atoms with van der Waals surface area (Å²) in [5, 5.41) is 0.391. The molecule has 0 spiro atoms. The van der Waals surface area contributed by atoms with E-state index in [2.05, 4.69) is 4.98 Å². The highest BCUT2D eigenvalue weighted by molar-refractivity contribution is 6.29. The Labute approximate surface area is 119 Å². The van der Waals surface area contributed by atoms with Gasteiger partial charge in [-0.2, -0.15) is 0 Å². The molecule has 4 heteroatoms. The third-order valence-corrected chi connectivity index (χ3v) is 4.65. The molecular formula is C15H19ClN2O. The van der Waals surface area contributed by atoms with E-state index in [4.69, 9.17) is 11.6 Å². The maximum absolute atomic E-state index is 12.6. The predicted molar refractivity (Wildman–Crippen MR) is 75.3 cm³/mol. The number of likely N-dealkylation sites (tertiary alicyclic amines) is 1. The third kappa shape index (κ3) is 2.62. The molecule has 1 saturated carbocycles. The second kappa shape index (κ2) is 5.49. The number of amides is 1. The second-order valence-electron chi connectivity index (χ2n) is 5.60. The van der Waals surface area contributed by atoms with Crippen LogP contribution in [-0.4, -0.2) is 28.4 Å². The van der Waals surface area contributed by atoms with Crippen molar-refractivity contribution in [2.24, 2.45) is 5.92 Å². The van der Waals surface area contributed by atoms with E-state index < -0.39 is 0 Å². The fraction of sp³-hybridized carbons (Fsp3) is 0.600. The molecular weight excluding hydrogens is 260 g/mol. The van der Waals surface area contributed by atoms with Crippen molar-refractivity contribution in [3.8, 4) is 0 Å². The van der Waals surface area contributed by atoms with Gasteiger partial charge in [0.1, 0.15) is 10.8 Å². The van der Waals surface area contributed by atoms with Crippen molar-refractivity contribution >= 4 is 17.5 Å². The van der Waals surface area contributed by atoms with Crippen molar-refractivity contribution in [3.63, 3.8) is 0 Å². The Hall–Kier alpha value is -1.09. The minimum absolute atomic E-state index is 0.0527. The van der Waals surface area contributed by atoms with E-state index in [0.717, 1.165) is 19.4 Å². The summed E-state index contributed by atoms with van der Waals surface area (Å²) in [4.78, 5) is 18.8. The molecule has 1 aliphatic heterocycles. The highest BCUT2D eigenvalue weighted by Crippen LogP contribution is 2.35. The van der Waals surface area contributed by atoms with Crippen LogP contribution in [0.25, 0.3) is 0 Å². The number of carbonyl (C=O) groups excluding carboxylic acids is 1. The van der Waals surface area contributed by atoms with Gasteiger partial charge < -0.3 is 4.90 Å². The molecule has 1 atom stereocenters. The Balaban J connectivity index is 1.78. The summed E-state index contributed by atoms with van der Waals surface area (Å²) in [5.41, 5.74) is 0.484. The van der Waals surface area contributed by atoms with E-state index in [1.165, 1.54) is 25.7 Å². The van der Waals surface area contributed by atoms with Gasteiger partial charge in [-0.25, -0.2) is 4.98 Å². The molecule has 1 aromatic rings. The Morgan fingerprint density at radius 1 is 1.21 bits per heavy atom. The Morgan fingerprint density at radius 3 is 2.74 bits per heavy atom. The molecule has 1 amide bonds. The molecule has 2 aliphatic rings. The zero-order valence-electron chi connectivity index (χ0n) is 11.0. The van der Waals surface area contributed by atoms with Gasteiger partial charge >= 0.3 is 0 Å². The molecule has 19 heavy (non-hydrogen) atoms. The van der Waals surface area contributed by atoms with Gasteiger partial charge in [0.2, 0.25) is 0 Å². The Morgan fingerprint density at radius 2 is 2.00 bits per heavy atom. The number of nitrogens with zero attached hydrogens (tertiary/aromatic N) is 2. The van der Waals surface area contributed by atoms with Gasteiger partial charge in [-0.1, -0.05) is 30.5 Å². The van der Waals surface area contributed by atoms with Gasteiger partial charge in [0.05, 0.1) is 0 Å². The molecule has 0 N–H and O–H groups in total.